The lowest BCUT2D eigenvalue weighted by Crippen LogP contribution is -2.12. The van der Waals surface area contributed by atoms with E-state index in [1.165, 1.54) is 6.08 Å². The first-order valence-corrected chi connectivity index (χ1v) is 7.98. The molecule has 2 aromatic rings. The molecule has 6 nitrogen and oxygen atoms in total. The first-order chi connectivity index (χ1) is 11.1. The van der Waals surface area contributed by atoms with E-state index in [4.69, 9.17) is 4.74 Å². The average Bonchev–Trinajstić information content (AvgIpc) is 3.03. The zero-order valence-corrected chi connectivity index (χ0v) is 13.7. The molecule has 0 fully saturated rings. The van der Waals surface area contributed by atoms with E-state index in [0.29, 0.717) is 29.3 Å². The molecule has 0 saturated carbocycles. The van der Waals surface area contributed by atoms with Crippen LogP contribution >= 0.6 is 11.5 Å². The fourth-order valence-corrected chi connectivity index (χ4v) is 2.48. The predicted octanol–water partition coefficient (Wildman–Crippen LogP) is 2.93. The van der Waals surface area contributed by atoms with Crippen LogP contribution in [0.25, 0.3) is 6.08 Å². The van der Waals surface area contributed by atoms with Crippen LogP contribution in [0.3, 0.4) is 0 Å². The molecule has 1 N–H and O–H groups in total. The number of benzene rings is 1. The number of hydrogen-bond acceptors (Lipinski definition) is 6. The van der Waals surface area contributed by atoms with Crippen molar-refractivity contribution in [3.63, 3.8) is 0 Å². The molecule has 2 rings (SSSR count). The molecule has 0 aliphatic carbocycles. The minimum atomic E-state index is -0.380. The van der Waals surface area contributed by atoms with Crippen molar-refractivity contribution in [2.75, 3.05) is 11.9 Å². The molecule has 1 amide bonds. The number of aryl methyl sites for hydroxylation is 1. The van der Waals surface area contributed by atoms with Crippen LogP contribution in [0.2, 0.25) is 0 Å². The third kappa shape index (κ3) is 4.72. The SMILES string of the molecule is CCOC(=O)/C=C/c1ccc(NC(=O)c2snnc2CC)cc1. The van der Waals surface area contributed by atoms with Crippen molar-refractivity contribution in [3.05, 3.63) is 46.5 Å². The summed E-state index contributed by atoms with van der Waals surface area (Å²) in [5.41, 5.74) is 2.20. The zero-order chi connectivity index (χ0) is 16.7. The van der Waals surface area contributed by atoms with E-state index >= 15 is 0 Å². The van der Waals surface area contributed by atoms with Crippen LogP contribution in [0.1, 0.15) is 34.8 Å². The van der Waals surface area contributed by atoms with Gasteiger partial charge in [-0.3, -0.25) is 4.79 Å². The lowest BCUT2D eigenvalue weighted by molar-refractivity contribution is -0.137. The first-order valence-electron chi connectivity index (χ1n) is 7.21. The topological polar surface area (TPSA) is 81.2 Å². The minimum Gasteiger partial charge on any atom is -0.463 e. The Balaban J connectivity index is 2.00. The van der Waals surface area contributed by atoms with Gasteiger partial charge in [0.1, 0.15) is 4.88 Å². The van der Waals surface area contributed by atoms with Crippen molar-refractivity contribution >= 4 is 35.2 Å². The maximum absolute atomic E-state index is 12.2. The van der Waals surface area contributed by atoms with Gasteiger partial charge in [-0.2, -0.15) is 0 Å². The molecule has 1 aromatic carbocycles. The standard InChI is InChI=1S/C16H17N3O3S/c1-3-13-15(23-19-18-13)16(21)17-12-8-5-11(6-9-12)7-10-14(20)22-4-2/h5-10H,3-4H2,1-2H3,(H,17,21)/b10-7+. The van der Waals surface area contributed by atoms with E-state index in [1.54, 1.807) is 37.3 Å². The lowest BCUT2D eigenvalue weighted by atomic mass is 10.2. The highest BCUT2D eigenvalue weighted by molar-refractivity contribution is 7.08. The van der Waals surface area contributed by atoms with Crippen LogP contribution in [-0.2, 0) is 16.0 Å². The molecule has 0 saturated heterocycles. The highest BCUT2D eigenvalue weighted by Gasteiger charge is 2.14. The van der Waals surface area contributed by atoms with Gasteiger partial charge in [-0.15, -0.1) is 5.10 Å². The zero-order valence-electron chi connectivity index (χ0n) is 12.9. The number of aromatic nitrogens is 2. The normalized spacial score (nSPS) is 10.7. The monoisotopic (exact) mass is 331 g/mol. The van der Waals surface area contributed by atoms with Crippen LogP contribution in [0.15, 0.2) is 30.3 Å². The van der Waals surface area contributed by atoms with E-state index in [9.17, 15) is 9.59 Å². The number of nitrogens with one attached hydrogen (secondary N) is 1. The fourth-order valence-electron chi connectivity index (χ4n) is 1.83. The Kier molecular flexibility index (Phi) is 5.99. The highest BCUT2D eigenvalue weighted by Crippen LogP contribution is 2.16. The Morgan fingerprint density at radius 3 is 2.65 bits per heavy atom. The van der Waals surface area contributed by atoms with Crippen molar-refractivity contribution in [1.82, 2.24) is 9.59 Å². The van der Waals surface area contributed by atoms with Crippen LogP contribution in [0.4, 0.5) is 5.69 Å². The number of hydrogen-bond donors (Lipinski definition) is 1. The predicted molar refractivity (Wildman–Crippen MR) is 89.3 cm³/mol. The number of esters is 1. The lowest BCUT2D eigenvalue weighted by Gasteiger charge is -2.04. The average molecular weight is 331 g/mol. The first kappa shape index (κ1) is 16.8. The van der Waals surface area contributed by atoms with Crippen LogP contribution in [0, 0.1) is 0 Å². The quantitative estimate of drug-likeness (QED) is 0.650. The number of ether oxygens (including phenoxy) is 1. The van der Waals surface area contributed by atoms with Crippen LogP contribution in [-0.4, -0.2) is 28.1 Å². The van der Waals surface area contributed by atoms with Gasteiger partial charge in [0.15, 0.2) is 0 Å². The summed E-state index contributed by atoms with van der Waals surface area (Å²) in [4.78, 5) is 23.9. The van der Waals surface area contributed by atoms with E-state index in [0.717, 1.165) is 17.1 Å². The maximum atomic E-state index is 12.2. The van der Waals surface area contributed by atoms with Gasteiger partial charge >= 0.3 is 5.97 Å². The molecular weight excluding hydrogens is 314 g/mol. The summed E-state index contributed by atoms with van der Waals surface area (Å²) in [6, 6.07) is 7.14. The summed E-state index contributed by atoms with van der Waals surface area (Å²) >= 11 is 1.08. The Labute approximate surface area is 138 Å². The second kappa shape index (κ2) is 8.19. The number of carbonyl (C=O) groups excluding carboxylic acids is 2. The molecule has 0 bridgehead atoms. The number of anilines is 1. The largest absolute Gasteiger partial charge is 0.463 e. The van der Waals surface area contributed by atoms with Crippen molar-refractivity contribution in [1.29, 1.82) is 0 Å². The molecule has 0 atom stereocenters. The number of amides is 1. The molecule has 0 unspecified atom stereocenters. The fraction of sp³-hybridized carbons (Fsp3) is 0.250. The van der Waals surface area contributed by atoms with Gasteiger partial charge in [-0.25, -0.2) is 4.79 Å². The summed E-state index contributed by atoms with van der Waals surface area (Å²) in [5.74, 6) is -0.596. The van der Waals surface area contributed by atoms with Gasteiger partial charge in [-0.05, 0) is 48.6 Å². The molecule has 1 aromatic heterocycles. The number of carbonyl (C=O) groups is 2. The molecule has 7 heteroatoms. The van der Waals surface area contributed by atoms with E-state index in [1.807, 2.05) is 6.92 Å². The van der Waals surface area contributed by atoms with Crippen molar-refractivity contribution in [2.45, 2.75) is 20.3 Å². The van der Waals surface area contributed by atoms with Gasteiger partial charge in [0.2, 0.25) is 0 Å². The second-order valence-electron chi connectivity index (χ2n) is 4.56. The highest BCUT2D eigenvalue weighted by atomic mass is 32.1. The molecule has 0 spiro atoms. The Morgan fingerprint density at radius 1 is 1.26 bits per heavy atom. The molecule has 0 radical (unpaired) electrons. The van der Waals surface area contributed by atoms with Crippen LogP contribution < -0.4 is 5.32 Å². The molecule has 0 aliphatic rings. The third-order valence-corrected chi connectivity index (χ3v) is 3.73. The molecule has 0 aliphatic heterocycles. The van der Waals surface area contributed by atoms with Gasteiger partial charge in [0, 0.05) is 11.8 Å². The molecule has 23 heavy (non-hydrogen) atoms. The summed E-state index contributed by atoms with van der Waals surface area (Å²) in [7, 11) is 0. The Bertz CT molecular complexity index is 708. The Hall–Kier alpha value is -2.54. The summed E-state index contributed by atoms with van der Waals surface area (Å²) < 4.78 is 8.61. The van der Waals surface area contributed by atoms with Crippen molar-refractivity contribution in [2.24, 2.45) is 0 Å². The van der Waals surface area contributed by atoms with Gasteiger partial charge < -0.3 is 10.1 Å². The van der Waals surface area contributed by atoms with E-state index < -0.39 is 0 Å². The number of rotatable bonds is 6. The third-order valence-electron chi connectivity index (χ3n) is 2.96. The minimum absolute atomic E-state index is 0.216. The van der Waals surface area contributed by atoms with Gasteiger partial charge in [0.25, 0.3) is 5.91 Å². The van der Waals surface area contributed by atoms with Crippen molar-refractivity contribution < 1.29 is 14.3 Å². The number of nitrogens with zero attached hydrogens (tertiary/aromatic N) is 2. The summed E-state index contributed by atoms with van der Waals surface area (Å²) in [5, 5.41) is 6.73. The smallest absolute Gasteiger partial charge is 0.330 e. The summed E-state index contributed by atoms with van der Waals surface area (Å²) in [6.07, 6.45) is 3.69. The maximum Gasteiger partial charge on any atom is 0.330 e. The van der Waals surface area contributed by atoms with E-state index in [2.05, 4.69) is 14.9 Å². The van der Waals surface area contributed by atoms with Gasteiger partial charge in [-0.1, -0.05) is 23.5 Å². The molecule has 120 valence electrons. The Morgan fingerprint density at radius 2 is 2.00 bits per heavy atom. The van der Waals surface area contributed by atoms with Crippen LogP contribution in [0.5, 0.6) is 0 Å². The second-order valence-corrected chi connectivity index (χ2v) is 5.32. The molecular formula is C16H17N3O3S. The summed E-state index contributed by atoms with van der Waals surface area (Å²) in [6.45, 7) is 4.03. The van der Waals surface area contributed by atoms with E-state index in [-0.39, 0.29) is 11.9 Å². The van der Waals surface area contributed by atoms with Crippen molar-refractivity contribution in [3.8, 4) is 0 Å². The molecule has 1 heterocycles. The van der Waals surface area contributed by atoms with Gasteiger partial charge in [0.05, 0.1) is 12.3 Å².